The van der Waals surface area contributed by atoms with Crippen molar-refractivity contribution >= 4 is 20.0 Å². The molecule has 1 aromatic carbocycles. The van der Waals surface area contributed by atoms with Gasteiger partial charge < -0.3 is 0 Å². The van der Waals surface area contributed by atoms with Crippen LogP contribution in [0.5, 0.6) is 0 Å². The summed E-state index contributed by atoms with van der Waals surface area (Å²) in [4.78, 5) is 0. The lowest BCUT2D eigenvalue weighted by Gasteiger charge is -1.89. The van der Waals surface area contributed by atoms with Gasteiger partial charge in [0, 0.05) is 9.13 Å². The summed E-state index contributed by atoms with van der Waals surface area (Å²) in [5.41, 5.74) is 2.43. The van der Waals surface area contributed by atoms with E-state index in [1.54, 1.807) is 0 Å². The molecule has 0 atom stereocenters. The average Bonchev–Trinajstić information content (AvgIpc) is 2.07. The number of benzene rings is 1. The molecule has 58 valence electrons. The average molecular weight is 162 g/mol. The Kier molecular flexibility index (Phi) is 3.84. The van der Waals surface area contributed by atoms with Gasteiger partial charge in [-0.1, -0.05) is 43.7 Å². The summed E-state index contributed by atoms with van der Waals surface area (Å²) < 4.78 is 0. The van der Waals surface area contributed by atoms with E-state index < -0.39 is 0 Å². The SMILES string of the molecule is CCCC=[SiH]c1ccccc1. The Hall–Kier alpha value is -0.693. The van der Waals surface area contributed by atoms with Crippen LogP contribution in [0.1, 0.15) is 19.8 Å². The fraction of sp³-hybridized carbons (Fsp3) is 0.300. The Labute approximate surface area is 70.7 Å². The van der Waals surface area contributed by atoms with Crippen molar-refractivity contribution in [2.75, 3.05) is 0 Å². The van der Waals surface area contributed by atoms with Crippen LogP contribution in [0.4, 0.5) is 0 Å². The molecule has 0 aliphatic rings. The third-order valence-corrected chi connectivity index (χ3v) is 2.90. The first-order valence-electron chi connectivity index (χ1n) is 4.15. The zero-order valence-corrected chi connectivity index (χ0v) is 8.11. The molecule has 0 nitrogen and oxygen atoms in total. The molecule has 1 aromatic rings. The van der Waals surface area contributed by atoms with E-state index >= 15 is 0 Å². The van der Waals surface area contributed by atoms with Gasteiger partial charge >= 0.3 is 0 Å². The molecule has 0 unspecified atom stereocenters. The maximum atomic E-state index is 2.43. The molecule has 0 N–H and O–H groups in total. The lowest BCUT2D eigenvalue weighted by Crippen LogP contribution is -2.07. The third kappa shape index (κ3) is 3.28. The minimum Gasteiger partial charge on any atom is -0.102 e. The number of unbranched alkanes of at least 4 members (excludes halogenated alkanes) is 1. The second-order valence-electron chi connectivity index (χ2n) is 2.60. The van der Waals surface area contributed by atoms with Gasteiger partial charge in [0.1, 0.15) is 0 Å². The largest absolute Gasteiger partial charge is 0.102 e. The van der Waals surface area contributed by atoms with Gasteiger partial charge in [0.15, 0.2) is 0 Å². The molecule has 0 spiro atoms. The minimum atomic E-state index is 0.419. The van der Waals surface area contributed by atoms with E-state index in [1.807, 2.05) is 0 Å². The van der Waals surface area contributed by atoms with E-state index in [4.69, 9.17) is 0 Å². The van der Waals surface area contributed by atoms with Gasteiger partial charge in [0.25, 0.3) is 0 Å². The molecule has 0 saturated carbocycles. The smallest absolute Gasteiger partial charge is 0.0251 e. The predicted molar refractivity (Wildman–Crippen MR) is 54.2 cm³/mol. The molecule has 0 amide bonds. The topological polar surface area (TPSA) is 0 Å². The normalized spacial score (nSPS) is 10.6. The molecule has 0 aliphatic heterocycles. The van der Waals surface area contributed by atoms with Crippen molar-refractivity contribution in [1.29, 1.82) is 0 Å². The van der Waals surface area contributed by atoms with Crippen LogP contribution < -0.4 is 5.19 Å². The van der Waals surface area contributed by atoms with Crippen molar-refractivity contribution < 1.29 is 0 Å². The van der Waals surface area contributed by atoms with Crippen LogP contribution in [0, 0.1) is 0 Å². The molecular formula is C10H14Si. The summed E-state index contributed by atoms with van der Waals surface area (Å²) in [6, 6.07) is 10.7. The first-order chi connectivity index (χ1) is 5.43. The van der Waals surface area contributed by atoms with Crippen LogP contribution in [-0.2, 0) is 0 Å². The summed E-state index contributed by atoms with van der Waals surface area (Å²) in [6.07, 6.45) is 2.55. The summed E-state index contributed by atoms with van der Waals surface area (Å²) in [7, 11) is 0.419. The summed E-state index contributed by atoms with van der Waals surface area (Å²) >= 11 is 0. The number of hydrogen-bond acceptors (Lipinski definition) is 0. The van der Waals surface area contributed by atoms with E-state index in [0.29, 0.717) is 9.13 Å². The Bertz CT molecular complexity index is 214. The second kappa shape index (κ2) is 5.02. The molecule has 1 heteroatoms. The first-order valence-corrected chi connectivity index (χ1v) is 5.39. The number of rotatable bonds is 3. The second-order valence-corrected chi connectivity index (χ2v) is 4.07. The molecule has 0 bridgehead atoms. The van der Waals surface area contributed by atoms with Gasteiger partial charge in [-0.25, -0.2) is 0 Å². The Morgan fingerprint density at radius 2 is 2.00 bits per heavy atom. The molecule has 0 saturated heterocycles. The van der Waals surface area contributed by atoms with Gasteiger partial charge in [0.2, 0.25) is 0 Å². The van der Waals surface area contributed by atoms with E-state index in [-0.39, 0.29) is 0 Å². The number of hydrogen-bond donors (Lipinski definition) is 0. The third-order valence-electron chi connectivity index (χ3n) is 1.57. The summed E-state index contributed by atoms with van der Waals surface area (Å²) in [5.74, 6) is 0. The molecule has 1 rings (SSSR count). The van der Waals surface area contributed by atoms with Crippen LogP contribution in [0.2, 0.25) is 0 Å². The van der Waals surface area contributed by atoms with Crippen molar-refractivity contribution in [3.05, 3.63) is 30.3 Å². The quantitative estimate of drug-likeness (QED) is 0.589. The fourth-order valence-corrected chi connectivity index (χ4v) is 2.17. The Morgan fingerprint density at radius 3 is 2.64 bits per heavy atom. The van der Waals surface area contributed by atoms with Crippen molar-refractivity contribution in [3.8, 4) is 0 Å². The molecule has 0 aliphatic carbocycles. The van der Waals surface area contributed by atoms with Crippen LogP contribution in [0.25, 0.3) is 0 Å². The van der Waals surface area contributed by atoms with Gasteiger partial charge in [-0.3, -0.25) is 0 Å². The zero-order valence-electron chi connectivity index (χ0n) is 6.96. The predicted octanol–water partition coefficient (Wildman–Crippen LogP) is 1.35. The van der Waals surface area contributed by atoms with Crippen molar-refractivity contribution in [1.82, 2.24) is 0 Å². The minimum absolute atomic E-state index is 0.419. The Balaban J connectivity index is 2.50. The van der Waals surface area contributed by atoms with E-state index in [1.165, 1.54) is 18.0 Å². The van der Waals surface area contributed by atoms with Crippen LogP contribution in [-0.4, -0.2) is 14.8 Å². The standard InChI is InChI=1S/C10H14Si/c1-2-3-9-11-10-7-5-4-6-8-10/h4-9,11H,2-3H2,1H3. The zero-order chi connectivity index (χ0) is 7.94. The molecule has 0 heterocycles. The molecule has 11 heavy (non-hydrogen) atoms. The van der Waals surface area contributed by atoms with Crippen LogP contribution >= 0.6 is 0 Å². The van der Waals surface area contributed by atoms with E-state index in [9.17, 15) is 0 Å². The highest BCUT2D eigenvalue weighted by atomic mass is 28.2. The van der Waals surface area contributed by atoms with Crippen molar-refractivity contribution in [2.24, 2.45) is 0 Å². The maximum Gasteiger partial charge on any atom is 0.0251 e. The monoisotopic (exact) mass is 162 g/mol. The van der Waals surface area contributed by atoms with Gasteiger partial charge in [-0.2, -0.15) is 0 Å². The lowest BCUT2D eigenvalue weighted by molar-refractivity contribution is 1.02. The van der Waals surface area contributed by atoms with E-state index in [2.05, 4.69) is 42.9 Å². The van der Waals surface area contributed by atoms with Gasteiger partial charge in [-0.15, -0.1) is 5.67 Å². The summed E-state index contributed by atoms with van der Waals surface area (Å²) in [5, 5.41) is 1.50. The highest BCUT2D eigenvalue weighted by Crippen LogP contribution is 1.80. The highest BCUT2D eigenvalue weighted by molar-refractivity contribution is 6.60. The fourth-order valence-electron chi connectivity index (χ4n) is 0.950. The van der Waals surface area contributed by atoms with Crippen LogP contribution in [0.3, 0.4) is 0 Å². The molecular weight excluding hydrogens is 148 g/mol. The maximum absolute atomic E-state index is 2.43. The van der Waals surface area contributed by atoms with E-state index in [0.717, 1.165) is 0 Å². The van der Waals surface area contributed by atoms with Crippen molar-refractivity contribution in [3.63, 3.8) is 0 Å². The first kappa shape index (κ1) is 8.40. The highest BCUT2D eigenvalue weighted by Gasteiger charge is 1.80. The van der Waals surface area contributed by atoms with Crippen molar-refractivity contribution in [2.45, 2.75) is 19.8 Å². The molecule has 0 fully saturated rings. The Morgan fingerprint density at radius 1 is 1.27 bits per heavy atom. The van der Waals surface area contributed by atoms with Crippen LogP contribution in [0.15, 0.2) is 30.3 Å². The molecule has 0 radical (unpaired) electrons. The molecule has 0 aromatic heterocycles. The summed E-state index contributed by atoms with van der Waals surface area (Å²) in [6.45, 7) is 2.22. The lowest BCUT2D eigenvalue weighted by atomic mass is 10.4. The van der Waals surface area contributed by atoms with Gasteiger partial charge in [0.05, 0.1) is 0 Å². The van der Waals surface area contributed by atoms with Gasteiger partial charge in [-0.05, 0) is 11.6 Å².